The lowest BCUT2D eigenvalue weighted by Crippen LogP contribution is -2.52. The largest absolute Gasteiger partial charge is 0.428 e. The summed E-state index contributed by atoms with van der Waals surface area (Å²) in [5, 5.41) is 9.40. The second-order valence-corrected chi connectivity index (χ2v) is 11.8. The van der Waals surface area contributed by atoms with Crippen molar-refractivity contribution in [3.05, 3.63) is 11.8 Å². The van der Waals surface area contributed by atoms with Crippen LogP contribution in [0.4, 0.5) is 0 Å². The molecule has 2 rings (SSSR count). The highest BCUT2D eigenvalue weighted by Crippen LogP contribution is 2.54. The highest BCUT2D eigenvalue weighted by Gasteiger charge is 2.66. The lowest BCUT2D eigenvalue weighted by atomic mass is 9.90. The minimum atomic E-state index is -2.03. The number of alkyl halides is 1. The molecule has 7 heteroatoms. The Hall–Kier alpha value is -0.873. The second kappa shape index (κ2) is 5.09. The standard InChI is InChI=1S/C14H20ClNO4Si/c1-9(2)12(17)18-10-7-14(20-21(3,4)5)13(15,8-16)6-11(10)19-14/h7,9,11H,6H2,1-5H3. The molecule has 3 atom stereocenters. The minimum Gasteiger partial charge on any atom is -0.428 e. The van der Waals surface area contributed by atoms with Crippen LogP contribution in [0.25, 0.3) is 0 Å². The number of carbonyl (C=O) groups is 1. The van der Waals surface area contributed by atoms with Crippen molar-refractivity contribution in [2.45, 2.75) is 56.7 Å². The Labute approximate surface area is 130 Å². The molecule has 5 nitrogen and oxygen atoms in total. The third kappa shape index (κ3) is 2.88. The van der Waals surface area contributed by atoms with E-state index in [9.17, 15) is 10.1 Å². The van der Waals surface area contributed by atoms with Gasteiger partial charge in [0.05, 0.1) is 12.0 Å². The molecule has 0 aliphatic carbocycles. The Bertz CT molecular complexity index is 536. The quantitative estimate of drug-likeness (QED) is 0.450. The summed E-state index contributed by atoms with van der Waals surface area (Å²) in [5.74, 6) is -1.50. The normalized spacial score (nSPS) is 34.8. The number of rotatable bonds is 4. The maximum absolute atomic E-state index is 11.7. The molecule has 0 amide bonds. The van der Waals surface area contributed by atoms with Crippen LogP contribution in [0, 0.1) is 17.2 Å². The van der Waals surface area contributed by atoms with E-state index in [1.807, 2.05) is 19.6 Å². The summed E-state index contributed by atoms with van der Waals surface area (Å²) in [4.78, 5) is 10.5. The fourth-order valence-corrected chi connectivity index (χ4v) is 3.91. The van der Waals surface area contributed by atoms with Gasteiger partial charge in [-0.3, -0.25) is 4.79 Å². The van der Waals surface area contributed by atoms with Crippen molar-refractivity contribution in [3.63, 3.8) is 0 Å². The molecule has 1 saturated heterocycles. The van der Waals surface area contributed by atoms with Gasteiger partial charge in [0.25, 0.3) is 0 Å². The van der Waals surface area contributed by atoms with Gasteiger partial charge < -0.3 is 13.9 Å². The van der Waals surface area contributed by atoms with E-state index in [2.05, 4.69) is 6.07 Å². The van der Waals surface area contributed by atoms with Gasteiger partial charge in [-0.15, -0.1) is 0 Å². The fourth-order valence-electron chi connectivity index (χ4n) is 2.37. The highest BCUT2D eigenvalue weighted by molar-refractivity contribution is 6.69. The third-order valence-electron chi connectivity index (χ3n) is 3.31. The Kier molecular flexibility index (Phi) is 4.00. The molecule has 3 unspecified atom stereocenters. The zero-order valence-corrected chi connectivity index (χ0v) is 14.7. The summed E-state index contributed by atoms with van der Waals surface area (Å²) in [6, 6.07) is 2.08. The summed E-state index contributed by atoms with van der Waals surface area (Å²) < 4.78 is 17.2. The third-order valence-corrected chi connectivity index (χ3v) is 4.73. The van der Waals surface area contributed by atoms with E-state index < -0.39 is 25.1 Å². The zero-order valence-electron chi connectivity index (χ0n) is 12.9. The molecule has 2 aliphatic heterocycles. The van der Waals surface area contributed by atoms with Gasteiger partial charge in [-0.2, -0.15) is 5.26 Å². The van der Waals surface area contributed by atoms with Crippen molar-refractivity contribution in [2.24, 2.45) is 5.92 Å². The second-order valence-electron chi connectivity index (χ2n) is 6.73. The summed E-state index contributed by atoms with van der Waals surface area (Å²) in [5.41, 5.74) is 0. The molecule has 0 radical (unpaired) electrons. The van der Waals surface area contributed by atoms with Gasteiger partial charge in [0.1, 0.15) is 11.9 Å². The molecule has 1 fully saturated rings. The van der Waals surface area contributed by atoms with Gasteiger partial charge in [0, 0.05) is 12.5 Å². The molecule has 0 aromatic carbocycles. The van der Waals surface area contributed by atoms with Crippen molar-refractivity contribution in [2.75, 3.05) is 0 Å². The number of carbonyl (C=O) groups excluding carboxylic acids is 1. The number of ether oxygens (including phenoxy) is 2. The van der Waals surface area contributed by atoms with Gasteiger partial charge >= 0.3 is 5.97 Å². The molecule has 0 aromatic heterocycles. The number of halogens is 1. The summed E-state index contributed by atoms with van der Waals surface area (Å²) >= 11 is 6.40. The van der Waals surface area contributed by atoms with Crippen molar-refractivity contribution in [1.29, 1.82) is 5.26 Å². The van der Waals surface area contributed by atoms with Gasteiger partial charge in [-0.1, -0.05) is 25.4 Å². The van der Waals surface area contributed by atoms with E-state index in [1.54, 1.807) is 19.9 Å². The number of hydrogen-bond acceptors (Lipinski definition) is 5. The van der Waals surface area contributed by atoms with Crippen molar-refractivity contribution < 1.29 is 18.7 Å². The smallest absolute Gasteiger partial charge is 0.313 e. The Morgan fingerprint density at radius 3 is 2.67 bits per heavy atom. The van der Waals surface area contributed by atoms with Crippen LogP contribution in [0.15, 0.2) is 11.8 Å². The lowest BCUT2D eigenvalue weighted by molar-refractivity contribution is -0.147. The molecular weight excluding hydrogens is 310 g/mol. The average Bonchev–Trinajstić information content (AvgIpc) is 2.78. The number of esters is 1. The van der Waals surface area contributed by atoms with Gasteiger partial charge in [0.15, 0.2) is 13.2 Å². The zero-order chi connectivity index (χ0) is 16.1. The fraction of sp³-hybridized carbons (Fsp3) is 0.714. The molecule has 21 heavy (non-hydrogen) atoms. The molecule has 0 aromatic rings. The maximum Gasteiger partial charge on any atom is 0.313 e. The van der Waals surface area contributed by atoms with Crippen molar-refractivity contribution in [1.82, 2.24) is 0 Å². The first kappa shape index (κ1) is 16.5. The van der Waals surface area contributed by atoms with Crippen LogP contribution in [0.2, 0.25) is 19.6 Å². The summed E-state index contributed by atoms with van der Waals surface area (Å²) in [6.07, 6.45) is 1.30. The maximum atomic E-state index is 11.7. The topological polar surface area (TPSA) is 68.6 Å². The van der Waals surface area contributed by atoms with Crippen molar-refractivity contribution in [3.8, 4) is 6.07 Å². The molecule has 0 saturated carbocycles. The Morgan fingerprint density at radius 1 is 1.57 bits per heavy atom. The van der Waals surface area contributed by atoms with Crippen LogP contribution in [-0.2, 0) is 18.7 Å². The van der Waals surface area contributed by atoms with Crippen LogP contribution in [0.5, 0.6) is 0 Å². The first-order valence-corrected chi connectivity index (χ1v) is 10.7. The Morgan fingerprint density at radius 2 is 2.19 bits per heavy atom. The predicted octanol–water partition coefficient (Wildman–Crippen LogP) is 2.92. The van der Waals surface area contributed by atoms with E-state index in [-0.39, 0.29) is 18.3 Å². The molecule has 0 spiro atoms. The summed E-state index contributed by atoms with van der Waals surface area (Å²) in [6.45, 7) is 9.47. The lowest BCUT2D eigenvalue weighted by Gasteiger charge is -2.37. The average molecular weight is 330 g/mol. The molecule has 2 bridgehead atoms. The SMILES string of the molecule is CC(C)C(=O)OC1=CC2(O[Si](C)(C)C)OC1CC2(Cl)C#N. The van der Waals surface area contributed by atoms with Crippen LogP contribution in [0.3, 0.4) is 0 Å². The number of nitriles is 1. The number of nitrogens with zero attached hydrogens (tertiary/aromatic N) is 1. The molecule has 2 aliphatic rings. The van der Waals surface area contributed by atoms with Crippen LogP contribution < -0.4 is 0 Å². The van der Waals surface area contributed by atoms with Crippen LogP contribution in [-0.4, -0.2) is 31.1 Å². The molecule has 0 N–H and O–H groups in total. The van der Waals surface area contributed by atoms with Crippen LogP contribution in [0.1, 0.15) is 20.3 Å². The van der Waals surface area contributed by atoms with E-state index in [0.29, 0.717) is 5.76 Å². The van der Waals surface area contributed by atoms with Crippen LogP contribution >= 0.6 is 11.6 Å². The van der Waals surface area contributed by atoms with E-state index in [4.69, 9.17) is 25.5 Å². The summed E-state index contributed by atoms with van der Waals surface area (Å²) in [7, 11) is -2.03. The van der Waals surface area contributed by atoms with Crippen molar-refractivity contribution >= 4 is 25.9 Å². The molecule has 2 heterocycles. The molecule has 116 valence electrons. The van der Waals surface area contributed by atoms with E-state index >= 15 is 0 Å². The highest BCUT2D eigenvalue weighted by atomic mass is 35.5. The predicted molar refractivity (Wildman–Crippen MR) is 79.9 cm³/mol. The number of fused-ring (bicyclic) bond motifs is 2. The van der Waals surface area contributed by atoms with Gasteiger partial charge in [-0.25, -0.2) is 0 Å². The van der Waals surface area contributed by atoms with E-state index in [0.717, 1.165) is 0 Å². The van der Waals surface area contributed by atoms with Gasteiger partial charge in [-0.05, 0) is 19.6 Å². The monoisotopic (exact) mass is 329 g/mol. The van der Waals surface area contributed by atoms with Gasteiger partial charge in [0.2, 0.25) is 5.79 Å². The Balaban J connectivity index is 2.32. The minimum absolute atomic E-state index is 0.240. The first-order valence-electron chi connectivity index (χ1n) is 6.94. The van der Waals surface area contributed by atoms with E-state index in [1.165, 1.54) is 0 Å². The molecular formula is C14H20ClNO4Si. The first-order chi connectivity index (χ1) is 9.52. The number of hydrogen-bond donors (Lipinski definition) is 0.